The molecule has 5 heteroatoms. The van der Waals surface area contributed by atoms with Crippen molar-refractivity contribution in [2.45, 2.75) is 0 Å². The van der Waals surface area contributed by atoms with E-state index >= 15 is 0 Å². The Morgan fingerprint density at radius 1 is 1.29 bits per heavy atom. The van der Waals surface area contributed by atoms with E-state index in [1.54, 1.807) is 24.3 Å². The molecule has 1 aromatic rings. The lowest BCUT2D eigenvalue weighted by Crippen LogP contribution is -2.09. The van der Waals surface area contributed by atoms with Crippen molar-refractivity contribution in [3.05, 3.63) is 29.8 Å². The van der Waals surface area contributed by atoms with Gasteiger partial charge in [0.2, 0.25) is 0 Å². The van der Waals surface area contributed by atoms with E-state index in [9.17, 15) is 4.79 Å². The molecular weight excluding hydrogens is 202 g/mol. The average Bonchev–Trinajstić information content (AvgIpc) is 2.20. The predicted molar refractivity (Wildman–Crippen MR) is 58.2 cm³/mol. The van der Waals surface area contributed by atoms with Gasteiger partial charge in [-0.3, -0.25) is 4.79 Å². The largest absolute Gasteiger partial charge is 0.276 e. The molecule has 72 valence electrons. The second-order valence-electron chi connectivity index (χ2n) is 2.36. The number of rotatable bonds is 4. The molecule has 0 saturated carbocycles. The SMILES string of the molecule is C=NN(N=C)c1ccccc1C(=O)Cl. The van der Waals surface area contributed by atoms with E-state index in [4.69, 9.17) is 11.6 Å². The van der Waals surface area contributed by atoms with Gasteiger partial charge in [-0.1, -0.05) is 12.1 Å². The van der Waals surface area contributed by atoms with Crippen LogP contribution in [0.15, 0.2) is 34.5 Å². The molecule has 4 nitrogen and oxygen atoms in total. The minimum Gasteiger partial charge on any atom is -0.276 e. The van der Waals surface area contributed by atoms with Gasteiger partial charge in [-0.2, -0.15) is 15.3 Å². The number of halogens is 1. The Bertz CT molecular complexity index is 370. The molecule has 0 spiro atoms. The molecule has 1 aromatic carbocycles. The van der Waals surface area contributed by atoms with E-state index in [1.165, 1.54) is 0 Å². The van der Waals surface area contributed by atoms with Crippen molar-refractivity contribution < 1.29 is 4.79 Å². The number of carbonyl (C=O) groups excluding carboxylic acids is 1. The Morgan fingerprint density at radius 3 is 2.36 bits per heavy atom. The van der Waals surface area contributed by atoms with Crippen molar-refractivity contribution in [3.8, 4) is 0 Å². The number of hydrazone groups is 2. The molecule has 0 aromatic heterocycles. The van der Waals surface area contributed by atoms with Crippen LogP contribution < -0.4 is 5.12 Å². The van der Waals surface area contributed by atoms with Crippen LogP contribution in [0.3, 0.4) is 0 Å². The summed E-state index contributed by atoms with van der Waals surface area (Å²) in [6, 6.07) is 6.67. The minimum atomic E-state index is -0.571. The summed E-state index contributed by atoms with van der Waals surface area (Å²) in [4.78, 5) is 11.0. The fraction of sp³-hybridized carbons (Fsp3) is 0. The van der Waals surface area contributed by atoms with Crippen LogP contribution in [0.1, 0.15) is 10.4 Å². The first-order chi connectivity index (χ1) is 6.70. The number of carbonyl (C=O) groups is 1. The molecule has 0 radical (unpaired) electrons. The minimum absolute atomic E-state index is 0.314. The highest BCUT2D eigenvalue weighted by Gasteiger charge is 2.12. The molecular formula is C9H8ClN3O. The molecule has 0 aliphatic heterocycles. The van der Waals surface area contributed by atoms with Crippen LogP contribution >= 0.6 is 11.6 Å². The van der Waals surface area contributed by atoms with Crippen LogP contribution in [0.4, 0.5) is 5.69 Å². The Balaban J connectivity index is 3.24. The van der Waals surface area contributed by atoms with Crippen LogP contribution in [0.25, 0.3) is 0 Å². The molecule has 0 N–H and O–H groups in total. The maximum Gasteiger partial charge on any atom is 0.254 e. The fourth-order valence-electron chi connectivity index (χ4n) is 1.01. The van der Waals surface area contributed by atoms with E-state index < -0.39 is 5.24 Å². The van der Waals surface area contributed by atoms with E-state index in [2.05, 4.69) is 23.6 Å². The summed E-state index contributed by atoms with van der Waals surface area (Å²) in [5, 5.41) is 7.69. The van der Waals surface area contributed by atoms with Gasteiger partial charge in [0.25, 0.3) is 5.24 Å². The Kier molecular flexibility index (Phi) is 3.36. The van der Waals surface area contributed by atoms with Gasteiger partial charge in [-0.15, -0.1) is 0 Å². The smallest absolute Gasteiger partial charge is 0.254 e. The van der Waals surface area contributed by atoms with E-state index in [-0.39, 0.29) is 0 Å². The lowest BCUT2D eigenvalue weighted by Gasteiger charge is -2.13. The Hall–Kier alpha value is -1.68. The van der Waals surface area contributed by atoms with Crippen LogP contribution in [0, 0.1) is 0 Å². The van der Waals surface area contributed by atoms with Crippen molar-refractivity contribution in [1.29, 1.82) is 0 Å². The first-order valence-corrected chi connectivity index (χ1v) is 4.10. The number of para-hydroxylation sites is 1. The van der Waals surface area contributed by atoms with Crippen LogP contribution in [-0.2, 0) is 0 Å². The second kappa shape index (κ2) is 4.53. The van der Waals surface area contributed by atoms with Gasteiger partial charge in [-0.25, -0.2) is 0 Å². The number of hydrogen-bond donors (Lipinski definition) is 0. The molecule has 1 rings (SSSR count). The van der Waals surface area contributed by atoms with Crippen LogP contribution in [0.5, 0.6) is 0 Å². The van der Waals surface area contributed by atoms with Gasteiger partial charge < -0.3 is 0 Å². The predicted octanol–water partition coefficient (Wildman–Crippen LogP) is 2.10. The number of anilines is 1. The van der Waals surface area contributed by atoms with Gasteiger partial charge in [0.15, 0.2) is 0 Å². The highest BCUT2D eigenvalue weighted by atomic mass is 35.5. The zero-order valence-electron chi connectivity index (χ0n) is 7.35. The first-order valence-electron chi connectivity index (χ1n) is 3.73. The average molecular weight is 210 g/mol. The lowest BCUT2D eigenvalue weighted by molar-refractivity contribution is 0.108. The first kappa shape index (κ1) is 10.4. The third kappa shape index (κ3) is 1.97. The number of hydrogen-bond acceptors (Lipinski definition) is 4. The van der Waals surface area contributed by atoms with E-state index in [0.29, 0.717) is 11.3 Å². The quantitative estimate of drug-likeness (QED) is 0.433. The third-order valence-electron chi connectivity index (χ3n) is 1.60. The normalized spacial score (nSPS) is 9.21. The van der Waals surface area contributed by atoms with Crippen molar-refractivity contribution in [2.75, 3.05) is 5.12 Å². The number of nitrogens with zero attached hydrogens (tertiary/aromatic N) is 3. The summed E-state index contributed by atoms with van der Waals surface area (Å²) in [7, 11) is 0. The van der Waals surface area contributed by atoms with Gasteiger partial charge in [0, 0.05) is 13.4 Å². The fourth-order valence-corrected chi connectivity index (χ4v) is 1.17. The molecule has 0 bridgehead atoms. The summed E-state index contributed by atoms with van der Waals surface area (Å²) in [6.07, 6.45) is 0. The Labute approximate surface area is 86.5 Å². The van der Waals surface area contributed by atoms with Gasteiger partial charge >= 0.3 is 0 Å². The standard InChI is InChI=1S/C9H8ClN3O/c1-11-13(12-2)8-6-4-3-5-7(8)9(10)14/h3-6H,1-2H2. The maximum atomic E-state index is 11.0. The van der Waals surface area contributed by atoms with E-state index in [1.807, 2.05) is 0 Å². The lowest BCUT2D eigenvalue weighted by atomic mass is 10.2. The van der Waals surface area contributed by atoms with Crippen LogP contribution in [0.2, 0.25) is 0 Å². The van der Waals surface area contributed by atoms with Crippen molar-refractivity contribution in [1.82, 2.24) is 0 Å². The summed E-state index contributed by atoms with van der Waals surface area (Å²) in [5.41, 5.74) is 0.770. The molecule has 0 aliphatic carbocycles. The molecule has 14 heavy (non-hydrogen) atoms. The highest BCUT2D eigenvalue weighted by Crippen LogP contribution is 2.22. The van der Waals surface area contributed by atoms with Gasteiger partial charge in [-0.05, 0) is 23.7 Å². The summed E-state index contributed by atoms with van der Waals surface area (Å²) in [6.45, 7) is 6.59. The monoisotopic (exact) mass is 209 g/mol. The molecule has 0 fully saturated rings. The summed E-state index contributed by atoms with van der Waals surface area (Å²) >= 11 is 5.38. The zero-order chi connectivity index (χ0) is 10.6. The summed E-state index contributed by atoms with van der Waals surface area (Å²) in [5.74, 6) is 0. The van der Waals surface area contributed by atoms with Crippen molar-refractivity contribution >= 4 is 36.0 Å². The molecule has 0 heterocycles. The highest BCUT2D eigenvalue weighted by molar-refractivity contribution is 6.68. The van der Waals surface area contributed by atoms with Crippen molar-refractivity contribution in [3.63, 3.8) is 0 Å². The third-order valence-corrected chi connectivity index (χ3v) is 1.80. The molecule has 0 unspecified atom stereocenters. The van der Waals surface area contributed by atoms with Gasteiger partial charge in [0.1, 0.15) is 0 Å². The maximum absolute atomic E-state index is 11.0. The van der Waals surface area contributed by atoms with Crippen molar-refractivity contribution in [2.24, 2.45) is 10.2 Å². The second-order valence-corrected chi connectivity index (χ2v) is 2.71. The molecule has 0 amide bonds. The topological polar surface area (TPSA) is 45.0 Å². The van der Waals surface area contributed by atoms with Gasteiger partial charge in [0.05, 0.1) is 11.3 Å². The Morgan fingerprint density at radius 2 is 1.86 bits per heavy atom. The van der Waals surface area contributed by atoms with Crippen LogP contribution in [-0.4, -0.2) is 18.7 Å². The zero-order valence-corrected chi connectivity index (χ0v) is 8.11. The molecule has 0 aliphatic rings. The molecule has 0 atom stereocenters. The molecule has 0 saturated heterocycles. The van der Waals surface area contributed by atoms with E-state index in [0.717, 1.165) is 5.12 Å². The number of benzene rings is 1. The summed E-state index contributed by atoms with van der Waals surface area (Å²) < 4.78 is 0.